The van der Waals surface area contributed by atoms with Crippen LogP contribution in [0.3, 0.4) is 0 Å². The molecule has 0 spiro atoms. The van der Waals surface area contributed by atoms with Crippen molar-refractivity contribution in [3.05, 3.63) is 11.8 Å². The van der Waals surface area contributed by atoms with E-state index in [0.717, 1.165) is 31.1 Å². The Balaban J connectivity index is 1.82. The van der Waals surface area contributed by atoms with Gasteiger partial charge in [0, 0.05) is 45.3 Å². The first-order valence-electron chi connectivity index (χ1n) is 7.80. The molecule has 0 aromatic carbocycles. The highest BCUT2D eigenvalue weighted by Crippen LogP contribution is 2.11. The highest BCUT2D eigenvalue weighted by atomic mass is 16.3. The number of aliphatic hydroxyl groups excluding tert-OH is 1. The van der Waals surface area contributed by atoms with Crippen molar-refractivity contribution in [2.24, 2.45) is 7.05 Å². The quantitative estimate of drug-likeness (QED) is 0.804. The molecule has 1 fully saturated rings. The number of amides is 1. The van der Waals surface area contributed by atoms with Crippen LogP contribution in [0.1, 0.15) is 19.5 Å². The number of rotatable bonds is 5. The Hall–Kier alpha value is -1.44. The maximum absolute atomic E-state index is 12.2. The maximum Gasteiger partial charge on any atom is 0.239 e. The molecule has 0 aliphatic carbocycles. The highest BCUT2D eigenvalue weighted by molar-refractivity contribution is 5.91. The summed E-state index contributed by atoms with van der Waals surface area (Å²) in [5, 5.41) is 16.6. The van der Waals surface area contributed by atoms with Crippen LogP contribution in [0.4, 0.5) is 5.82 Å². The van der Waals surface area contributed by atoms with E-state index in [1.54, 1.807) is 4.68 Å². The topological polar surface area (TPSA) is 73.6 Å². The second-order valence-corrected chi connectivity index (χ2v) is 6.27. The molecule has 2 heterocycles. The third kappa shape index (κ3) is 4.53. The van der Waals surface area contributed by atoms with E-state index in [0.29, 0.717) is 19.1 Å². The number of aliphatic hydroxyl groups is 1. The van der Waals surface area contributed by atoms with Gasteiger partial charge in [0.25, 0.3) is 0 Å². The first-order chi connectivity index (χ1) is 10.3. The predicted octanol–water partition coefficient (Wildman–Crippen LogP) is 0.0539. The number of hydrogen-bond donors (Lipinski definition) is 2. The van der Waals surface area contributed by atoms with Crippen molar-refractivity contribution in [2.45, 2.75) is 32.9 Å². The number of carbonyl (C=O) groups is 1. The van der Waals surface area contributed by atoms with Crippen LogP contribution >= 0.6 is 0 Å². The summed E-state index contributed by atoms with van der Waals surface area (Å²) >= 11 is 0. The lowest BCUT2D eigenvalue weighted by molar-refractivity contribution is -0.118. The van der Waals surface area contributed by atoms with Gasteiger partial charge in [-0.2, -0.15) is 5.10 Å². The fourth-order valence-corrected chi connectivity index (χ4v) is 2.94. The van der Waals surface area contributed by atoms with Gasteiger partial charge in [-0.1, -0.05) is 0 Å². The molecular formula is C15H27N5O2. The average molecular weight is 309 g/mol. The maximum atomic E-state index is 12.2. The second-order valence-electron chi connectivity index (χ2n) is 6.27. The minimum Gasteiger partial charge on any atom is -0.392 e. The lowest BCUT2D eigenvalue weighted by Gasteiger charge is -2.40. The van der Waals surface area contributed by atoms with Gasteiger partial charge in [0.1, 0.15) is 5.82 Å². The van der Waals surface area contributed by atoms with Crippen molar-refractivity contribution in [3.63, 3.8) is 0 Å². The molecule has 0 bridgehead atoms. The van der Waals surface area contributed by atoms with Gasteiger partial charge < -0.3 is 10.4 Å². The van der Waals surface area contributed by atoms with Crippen molar-refractivity contribution in [3.8, 4) is 0 Å². The number of anilines is 1. The molecule has 124 valence electrons. The molecule has 0 saturated carbocycles. The fraction of sp³-hybridized carbons (Fsp3) is 0.733. The normalized spacial score (nSPS) is 21.8. The average Bonchev–Trinajstić information content (AvgIpc) is 2.70. The van der Waals surface area contributed by atoms with Crippen molar-refractivity contribution < 1.29 is 9.90 Å². The minimum absolute atomic E-state index is 0.0147. The summed E-state index contributed by atoms with van der Waals surface area (Å²) in [6.45, 7) is 9.48. The summed E-state index contributed by atoms with van der Waals surface area (Å²) in [6, 6.07) is 2.20. The fourth-order valence-electron chi connectivity index (χ4n) is 2.94. The Bertz CT molecular complexity index is 514. The molecule has 1 aliphatic rings. The van der Waals surface area contributed by atoms with Crippen LogP contribution in [0, 0.1) is 6.92 Å². The summed E-state index contributed by atoms with van der Waals surface area (Å²) in [7, 11) is 1.82. The van der Waals surface area contributed by atoms with E-state index in [1.807, 2.05) is 27.0 Å². The Morgan fingerprint density at radius 2 is 2.27 bits per heavy atom. The van der Waals surface area contributed by atoms with E-state index < -0.39 is 0 Å². The lowest BCUT2D eigenvalue weighted by atomic mass is 10.1. The van der Waals surface area contributed by atoms with Gasteiger partial charge in [0.2, 0.25) is 5.91 Å². The van der Waals surface area contributed by atoms with E-state index in [9.17, 15) is 9.90 Å². The third-order valence-electron chi connectivity index (χ3n) is 3.98. The molecule has 7 nitrogen and oxygen atoms in total. The molecule has 22 heavy (non-hydrogen) atoms. The predicted molar refractivity (Wildman–Crippen MR) is 85.7 cm³/mol. The van der Waals surface area contributed by atoms with Gasteiger partial charge in [-0.3, -0.25) is 19.3 Å². The van der Waals surface area contributed by atoms with Gasteiger partial charge >= 0.3 is 0 Å². The van der Waals surface area contributed by atoms with E-state index in [1.165, 1.54) is 0 Å². The molecule has 1 aromatic rings. The van der Waals surface area contributed by atoms with Crippen LogP contribution in [0.15, 0.2) is 6.07 Å². The molecule has 7 heteroatoms. The summed E-state index contributed by atoms with van der Waals surface area (Å²) in [4.78, 5) is 16.6. The van der Waals surface area contributed by atoms with E-state index in [2.05, 4.69) is 27.1 Å². The number of nitrogens with zero attached hydrogens (tertiary/aromatic N) is 4. The van der Waals surface area contributed by atoms with Crippen molar-refractivity contribution in [2.75, 3.05) is 38.0 Å². The van der Waals surface area contributed by atoms with Crippen molar-refractivity contribution >= 4 is 11.7 Å². The van der Waals surface area contributed by atoms with Crippen molar-refractivity contribution in [1.82, 2.24) is 19.6 Å². The number of aryl methyl sites for hydroxylation is 2. The number of nitrogens with one attached hydrogen (secondary N) is 1. The van der Waals surface area contributed by atoms with Crippen LogP contribution in [0.25, 0.3) is 0 Å². The van der Waals surface area contributed by atoms with E-state index >= 15 is 0 Å². The SMILES string of the molecule is Cc1cc(NC(=O)CN2CCN(C[C@H](C)O)[C@@H](C)C2)n(C)n1. The number of aromatic nitrogens is 2. The molecule has 1 aliphatic heterocycles. The van der Waals surface area contributed by atoms with E-state index in [4.69, 9.17) is 0 Å². The first-order valence-corrected chi connectivity index (χ1v) is 7.80. The Morgan fingerprint density at radius 3 is 2.82 bits per heavy atom. The number of hydrogen-bond acceptors (Lipinski definition) is 5. The molecule has 1 aromatic heterocycles. The zero-order valence-corrected chi connectivity index (χ0v) is 13.9. The first kappa shape index (κ1) is 16.9. The molecule has 2 atom stereocenters. The minimum atomic E-state index is -0.314. The summed E-state index contributed by atoms with van der Waals surface area (Å²) in [5.41, 5.74) is 0.887. The molecule has 0 radical (unpaired) electrons. The second kappa shape index (κ2) is 7.21. The van der Waals surface area contributed by atoms with Gasteiger partial charge in [0.05, 0.1) is 18.3 Å². The summed E-state index contributed by atoms with van der Waals surface area (Å²) < 4.78 is 1.68. The van der Waals surface area contributed by atoms with E-state index in [-0.39, 0.29) is 12.0 Å². The zero-order chi connectivity index (χ0) is 16.3. The molecule has 2 N–H and O–H groups in total. The smallest absolute Gasteiger partial charge is 0.239 e. The number of carbonyl (C=O) groups excluding carboxylic acids is 1. The summed E-state index contributed by atoms with van der Waals surface area (Å²) in [6.07, 6.45) is -0.314. The monoisotopic (exact) mass is 309 g/mol. The van der Waals surface area contributed by atoms with Gasteiger partial charge in [-0.05, 0) is 20.8 Å². The van der Waals surface area contributed by atoms with Crippen molar-refractivity contribution in [1.29, 1.82) is 0 Å². The van der Waals surface area contributed by atoms with Gasteiger partial charge in [0.15, 0.2) is 0 Å². The summed E-state index contributed by atoms with van der Waals surface area (Å²) in [5.74, 6) is 0.711. The third-order valence-corrected chi connectivity index (χ3v) is 3.98. The molecule has 1 amide bonds. The van der Waals surface area contributed by atoms with Crippen LogP contribution in [0.2, 0.25) is 0 Å². The largest absolute Gasteiger partial charge is 0.392 e. The lowest BCUT2D eigenvalue weighted by Crippen LogP contribution is -2.54. The van der Waals surface area contributed by atoms with Crippen LogP contribution in [-0.2, 0) is 11.8 Å². The molecular weight excluding hydrogens is 282 g/mol. The van der Waals surface area contributed by atoms with Gasteiger partial charge in [-0.15, -0.1) is 0 Å². The Labute approximate surface area is 131 Å². The molecule has 1 saturated heterocycles. The zero-order valence-electron chi connectivity index (χ0n) is 13.9. The number of β-amino-alcohol motifs (C(OH)–C–C–N with tert-alkyl or cyclic N) is 1. The van der Waals surface area contributed by atoms with Crippen LogP contribution in [-0.4, -0.2) is 75.5 Å². The van der Waals surface area contributed by atoms with Crippen LogP contribution in [0.5, 0.6) is 0 Å². The molecule has 2 rings (SSSR count). The standard InChI is InChI=1S/C15H27N5O2/c1-11-7-14(18(4)17-11)16-15(22)10-19-5-6-20(9-13(3)21)12(2)8-19/h7,12-13,21H,5-6,8-10H2,1-4H3,(H,16,22)/t12-,13-/m0/s1. The van der Waals surface area contributed by atoms with Gasteiger partial charge in [-0.25, -0.2) is 0 Å². The molecule has 0 unspecified atom stereocenters. The number of piperazine rings is 1. The Morgan fingerprint density at radius 1 is 1.55 bits per heavy atom. The highest BCUT2D eigenvalue weighted by Gasteiger charge is 2.25. The Kier molecular flexibility index (Phi) is 5.55. The van der Waals surface area contributed by atoms with Crippen LogP contribution < -0.4 is 5.32 Å².